The second kappa shape index (κ2) is 6.68. The maximum atomic E-state index is 12.3. The molecule has 1 aliphatic rings. The second-order valence-corrected chi connectivity index (χ2v) is 5.98. The molecule has 0 spiro atoms. The number of amides is 4. The van der Waals surface area contributed by atoms with Gasteiger partial charge in [-0.25, -0.2) is 4.79 Å². The smallest absolute Gasteiger partial charge is 0.312 e. The minimum atomic E-state index is -0.732. The maximum Gasteiger partial charge on any atom is 0.312 e. The van der Waals surface area contributed by atoms with E-state index >= 15 is 0 Å². The number of primary amides is 1. The van der Waals surface area contributed by atoms with Crippen LogP contribution in [0.25, 0.3) is 0 Å². The molecule has 0 bridgehead atoms. The first-order valence-corrected chi connectivity index (χ1v) is 7.57. The Morgan fingerprint density at radius 3 is 2.52 bits per heavy atom. The van der Waals surface area contributed by atoms with Gasteiger partial charge < -0.3 is 21.3 Å². The molecule has 0 saturated carbocycles. The third-order valence-electron chi connectivity index (χ3n) is 3.87. The number of benzene rings is 1. The zero-order chi connectivity index (χ0) is 17.1. The van der Waals surface area contributed by atoms with E-state index in [1.807, 2.05) is 26.0 Å². The van der Waals surface area contributed by atoms with E-state index in [0.29, 0.717) is 12.2 Å². The van der Waals surface area contributed by atoms with Gasteiger partial charge in [-0.15, -0.1) is 0 Å². The van der Waals surface area contributed by atoms with Gasteiger partial charge in [-0.3, -0.25) is 9.59 Å². The Labute approximate surface area is 135 Å². The Hall–Kier alpha value is -2.57. The Kier molecular flexibility index (Phi) is 4.88. The molecule has 0 aliphatic carbocycles. The summed E-state index contributed by atoms with van der Waals surface area (Å²) >= 11 is 0. The molecule has 23 heavy (non-hydrogen) atoms. The van der Waals surface area contributed by atoms with Crippen LogP contribution in [0.15, 0.2) is 18.2 Å². The largest absolute Gasteiger partial charge is 0.352 e. The minimum Gasteiger partial charge on any atom is -0.352 e. The number of hydrogen-bond donors (Lipinski definition) is 3. The molecule has 1 heterocycles. The lowest BCUT2D eigenvalue weighted by atomic mass is 10.0. The highest BCUT2D eigenvalue weighted by Crippen LogP contribution is 2.30. The van der Waals surface area contributed by atoms with E-state index in [0.717, 1.165) is 17.7 Å². The topological polar surface area (TPSA) is 105 Å². The van der Waals surface area contributed by atoms with Gasteiger partial charge in [0.2, 0.25) is 11.8 Å². The van der Waals surface area contributed by atoms with Crippen molar-refractivity contribution in [2.24, 2.45) is 11.7 Å². The molecular weight excluding hydrogens is 296 g/mol. The van der Waals surface area contributed by atoms with E-state index in [9.17, 15) is 14.4 Å². The highest BCUT2D eigenvalue weighted by molar-refractivity contribution is 5.98. The van der Waals surface area contributed by atoms with E-state index in [1.165, 1.54) is 6.92 Å². The minimum absolute atomic E-state index is 0.00562. The van der Waals surface area contributed by atoms with E-state index in [2.05, 4.69) is 10.6 Å². The van der Waals surface area contributed by atoms with Crippen LogP contribution in [-0.2, 0) is 16.0 Å². The summed E-state index contributed by atoms with van der Waals surface area (Å²) in [4.78, 5) is 36.6. The van der Waals surface area contributed by atoms with Crippen LogP contribution in [0.5, 0.6) is 0 Å². The van der Waals surface area contributed by atoms with Crippen molar-refractivity contribution in [1.29, 1.82) is 0 Å². The predicted octanol–water partition coefficient (Wildman–Crippen LogP) is 1.23. The van der Waals surface area contributed by atoms with Crippen LogP contribution in [0.3, 0.4) is 0 Å². The summed E-state index contributed by atoms with van der Waals surface area (Å²) in [5.74, 6) is -0.406. The number of carbonyl (C=O) groups excluding carboxylic acids is 3. The summed E-state index contributed by atoms with van der Waals surface area (Å²) in [5.41, 5.74) is 7.64. The molecule has 4 N–H and O–H groups in total. The van der Waals surface area contributed by atoms with Gasteiger partial charge in [-0.1, -0.05) is 13.8 Å². The van der Waals surface area contributed by atoms with Gasteiger partial charge in [-0.05, 0) is 36.1 Å². The molecule has 0 radical (unpaired) electrons. The second-order valence-electron chi connectivity index (χ2n) is 5.98. The molecule has 7 heteroatoms. The molecule has 1 aromatic carbocycles. The predicted molar refractivity (Wildman–Crippen MR) is 88.1 cm³/mol. The zero-order valence-electron chi connectivity index (χ0n) is 13.6. The molecule has 1 aliphatic heterocycles. The van der Waals surface area contributed by atoms with Gasteiger partial charge in [0.25, 0.3) is 0 Å². The van der Waals surface area contributed by atoms with Gasteiger partial charge in [0.1, 0.15) is 6.04 Å². The molecule has 0 saturated heterocycles. The first-order chi connectivity index (χ1) is 10.8. The fourth-order valence-corrected chi connectivity index (χ4v) is 2.71. The SMILES string of the molecule is CC(=O)N1CCc2cc(NC(=O)[C@@H](NC(N)=O)C(C)C)ccc21. The summed E-state index contributed by atoms with van der Waals surface area (Å²) in [5, 5.41) is 5.24. The van der Waals surface area contributed by atoms with E-state index in [-0.39, 0.29) is 17.7 Å². The third kappa shape index (κ3) is 3.80. The van der Waals surface area contributed by atoms with E-state index < -0.39 is 12.1 Å². The summed E-state index contributed by atoms with van der Waals surface area (Å²) in [6, 6.07) is 4.00. The van der Waals surface area contributed by atoms with Crippen molar-refractivity contribution in [3.8, 4) is 0 Å². The zero-order valence-corrected chi connectivity index (χ0v) is 13.6. The molecule has 4 amide bonds. The number of rotatable bonds is 4. The molecule has 2 rings (SSSR count). The van der Waals surface area contributed by atoms with Gasteiger partial charge in [0.05, 0.1) is 0 Å². The van der Waals surface area contributed by atoms with Crippen molar-refractivity contribution in [2.75, 3.05) is 16.8 Å². The fourth-order valence-electron chi connectivity index (χ4n) is 2.71. The highest BCUT2D eigenvalue weighted by Gasteiger charge is 2.25. The normalized spacial score (nSPS) is 14.3. The van der Waals surface area contributed by atoms with Crippen LogP contribution in [-0.4, -0.2) is 30.4 Å². The monoisotopic (exact) mass is 318 g/mol. The number of fused-ring (bicyclic) bond motifs is 1. The molecule has 0 unspecified atom stereocenters. The van der Waals surface area contributed by atoms with Crippen molar-refractivity contribution in [3.05, 3.63) is 23.8 Å². The maximum absolute atomic E-state index is 12.3. The van der Waals surface area contributed by atoms with Crippen LogP contribution in [0.1, 0.15) is 26.3 Å². The molecule has 0 aromatic heterocycles. The number of nitrogens with two attached hydrogens (primary N) is 1. The first-order valence-electron chi connectivity index (χ1n) is 7.57. The van der Waals surface area contributed by atoms with Crippen molar-refractivity contribution < 1.29 is 14.4 Å². The van der Waals surface area contributed by atoms with E-state index in [1.54, 1.807) is 11.0 Å². The van der Waals surface area contributed by atoms with Crippen LogP contribution >= 0.6 is 0 Å². The quantitative estimate of drug-likeness (QED) is 0.777. The Morgan fingerprint density at radius 1 is 1.26 bits per heavy atom. The summed E-state index contributed by atoms with van der Waals surface area (Å²) in [6.07, 6.45) is 0.756. The highest BCUT2D eigenvalue weighted by atomic mass is 16.2. The standard InChI is InChI=1S/C16H22N4O3/c1-9(2)14(19-16(17)23)15(22)18-12-4-5-13-11(8-12)6-7-20(13)10(3)21/h4-5,8-9,14H,6-7H2,1-3H3,(H,18,22)(H3,17,19,23)/t14-/m0/s1. The Balaban J connectivity index is 2.13. The Bertz CT molecular complexity index is 642. The number of anilines is 2. The average Bonchev–Trinajstić information content (AvgIpc) is 2.87. The molecule has 1 atom stereocenters. The van der Waals surface area contributed by atoms with Crippen molar-refractivity contribution in [2.45, 2.75) is 33.2 Å². The number of nitrogens with one attached hydrogen (secondary N) is 2. The van der Waals surface area contributed by atoms with Crippen molar-refractivity contribution in [1.82, 2.24) is 5.32 Å². The van der Waals surface area contributed by atoms with Gasteiger partial charge in [-0.2, -0.15) is 0 Å². The van der Waals surface area contributed by atoms with Gasteiger partial charge in [0, 0.05) is 24.8 Å². The molecule has 124 valence electrons. The number of hydrogen-bond acceptors (Lipinski definition) is 3. The molecule has 1 aromatic rings. The fraction of sp³-hybridized carbons (Fsp3) is 0.438. The lowest BCUT2D eigenvalue weighted by Crippen LogP contribution is -2.49. The van der Waals surface area contributed by atoms with Crippen LogP contribution in [0.2, 0.25) is 0 Å². The summed E-state index contributed by atoms with van der Waals surface area (Å²) < 4.78 is 0. The lowest BCUT2D eigenvalue weighted by molar-refractivity contribution is -0.119. The van der Waals surface area contributed by atoms with Gasteiger partial charge >= 0.3 is 6.03 Å². The number of urea groups is 1. The average molecular weight is 318 g/mol. The van der Waals surface area contributed by atoms with Crippen molar-refractivity contribution in [3.63, 3.8) is 0 Å². The van der Waals surface area contributed by atoms with E-state index in [4.69, 9.17) is 5.73 Å². The summed E-state index contributed by atoms with van der Waals surface area (Å²) in [7, 11) is 0. The molecule has 0 fully saturated rings. The summed E-state index contributed by atoms with van der Waals surface area (Å²) in [6.45, 7) is 5.84. The van der Waals surface area contributed by atoms with Crippen LogP contribution < -0.4 is 21.3 Å². The number of nitrogens with zero attached hydrogens (tertiary/aromatic N) is 1. The molecule has 7 nitrogen and oxygen atoms in total. The molecular formula is C16H22N4O3. The van der Waals surface area contributed by atoms with Crippen LogP contribution in [0, 0.1) is 5.92 Å². The van der Waals surface area contributed by atoms with Crippen molar-refractivity contribution >= 4 is 29.2 Å². The van der Waals surface area contributed by atoms with Gasteiger partial charge in [0.15, 0.2) is 0 Å². The third-order valence-corrected chi connectivity index (χ3v) is 3.87. The number of carbonyl (C=O) groups is 3. The van der Waals surface area contributed by atoms with Crippen LogP contribution in [0.4, 0.5) is 16.2 Å². The Morgan fingerprint density at radius 2 is 1.96 bits per heavy atom. The first kappa shape index (κ1) is 16.8. The lowest BCUT2D eigenvalue weighted by Gasteiger charge is -2.21.